The molecule has 2 heterocycles. The number of rotatable bonds is 3. The lowest BCUT2D eigenvalue weighted by Crippen LogP contribution is -2.06. The first kappa shape index (κ1) is 10.8. The van der Waals surface area contributed by atoms with Gasteiger partial charge >= 0.3 is 0 Å². The van der Waals surface area contributed by atoms with Crippen LogP contribution < -0.4 is 0 Å². The van der Waals surface area contributed by atoms with Crippen LogP contribution in [0.25, 0.3) is 11.4 Å². The first-order chi connectivity index (χ1) is 7.74. The maximum Gasteiger partial charge on any atom is 0.118 e. The monoisotopic (exact) mass is 218 g/mol. The zero-order chi connectivity index (χ0) is 11.5. The van der Waals surface area contributed by atoms with Gasteiger partial charge in [0, 0.05) is 12.2 Å². The van der Waals surface area contributed by atoms with Crippen molar-refractivity contribution >= 4 is 0 Å². The molecule has 0 atom stereocenters. The van der Waals surface area contributed by atoms with Crippen LogP contribution in [0.15, 0.2) is 24.4 Å². The van der Waals surface area contributed by atoms with Crippen molar-refractivity contribution in [3.05, 3.63) is 30.1 Å². The molecule has 16 heavy (non-hydrogen) atoms. The topological polar surface area (TPSA) is 63.8 Å². The Balaban J connectivity index is 2.57. The molecule has 0 spiro atoms. The van der Waals surface area contributed by atoms with E-state index in [0.717, 1.165) is 11.4 Å². The van der Waals surface area contributed by atoms with Crippen LogP contribution in [-0.4, -0.2) is 25.1 Å². The first-order valence-corrected chi connectivity index (χ1v) is 5.20. The standard InChI is InChI=1S/C11H14N4O/c1-8(2)15-11(10(7-16)13-14-15)9-5-3-4-6-12-9/h3-6,8,16H,7H2,1-2H3. The molecule has 84 valence electrons. The lowest BCUT2D eigenvalue weighted by Gasteiger charge is -2.09. The molecule has 5 nitrogen and oxygen atoms in total. The van der Waals surface area contributed by atoms with Crippen LogP contribution in [0.2, 0.25) is 0 Å². The Morgan fingerprint density at radius 2 is 2.19 bits per heavy atom. The summed E-state index contributed by atoms with van der Waals surface area (Å²) < 4.78 is 1.77. The largest absolute Gasteiger partial charge is 0.390 e. The van der Waals surface area contributed by atoms with Crippen LogP contribution >= 0.6 is 0 Å². The third-order valence-corrected chi connectivity index (χ3v) is 2.31. The number of aliphatic hydroxyl groups is 1. The predicted molar refractivity (Wildman–Crippen MR) is 59.6 cm³/mol. The zero-order valence-electron chi connectivity index (χ0n) is 9.33. The van der Waals surface area contributed by atoms with E-state index in [2.05, 4.69) is 15.3 Å². The molecule has 0 saturated heterocycles. The third kappa shape index (κ3) is 1.81. The Kier molecular flexibility index (Phi) is 2.96. The highest BCUT2D eigenvalue weighted by molar-refractivity contribution is 5.56. The molecule has 2 aromatic rings. The van der Waals surface area contributed by atoms with Crippen molar-refractivity contribution in [2.24, 2.45) is 0 Å². The second kappa shape index (κ2) is 4.40. The van der Waals surface area contributed by atoms with Crippen molar-refractivity contribution in [2.75, 3.05) is 0 Å². The van der Waals surface area contributed by atoms with Crippen LogP contribution in [0.1, 0.15) is 25.6 Å². The summed E-state index contributed by atoms with van der Waals surface area (Å²) >= 11 is 0. The van der Waals surface area contributed by atoms with Gasteiger partial charge < -0.3 is 5.11 Å². The molecule has 0 amide bonds. The van der Waals surface area contributed by atoms with Crippen molar-refractivity contribution in [2.45, 2.75) is 26.5 Å². The fraction of sp³-hybridized carbons (Fsp3) is 0.364. The quantitative estimate of drug-likeness (QED) is 0.846. The number of aromatic nitrogens is 4. The molecule has 0 aliphatic rings. The van der Waals surface area contributed by atoms with E-state index in [9.17, 15) is 5.11 Å². The van der Waals surface area contributed by atoms with E-state index in [0.29, 0.717) is 5.69 Å². The minimum Gasteiger partial charge on any atom is -0.390 e. The molecular formula is C11H14N4O. The van der Waals surface area contributed by atoms with Crippen molar-refractivity contribution < 1.29 is 5.11 Å². The molecule has 0 unspecified atom stereocenters. The number of nitrogens with zero attached hydrogens (tertiary/aromatic N) is 4. The number of hydrogen-bond acceptors (Lipinski definition) is 4. The van der Waals surface area contributed by atoms with E-state index in [1.165, 1.54) is 0 Å². The van der Waals surface area contributed by atoms with Gasteiger partial charge in [0.2, 0.25) is 0 Å². The van der Waals surface area contributed by atoms with Crippen LogP contribution in [-0.2, 0) is 6.61 Å². The maximum atomic E-state index is 9.23. The molecule has 0 bridgehead atoms. The van der Waals surface area contributed by atoms with Gasteiger partial charge in [0.25, 0.3) is 0 Å². The average molecular weight is 218 g/mol. The minimum absolute atomic E-state index is 0.126. The summed E-state index contributed by atoms with van der Waals surface area (Å²) in [6.07, 6.45) is 1.72. The second-order valence-corrected chi connectivity index (χ2v) is 3.80. The van der Waals surface area contributed by atoms with E-state index in [1.54, 1.807) is 10.9 Å². The lowest BCUT2D eigenvalue weighted by molar-refractivity contribution is 0.277. The highest BCUT2D eigenvalue weighted by Gasteiger charge is 2.16. The Morgan fingerprint density at radius 3 is 2.75 bits per heavy atom. The molecule has 0 saturated carbocycles. The average Bonchev–Trinajstić information content (AvgIpc) is 2.73. The highest BCUT2D eigenvalue weighted by Crippen LogP contribution is 2.22. The van der Waals surface area contributed by atoms with Gasteiger partial charge in [-0.1, -0.05) is 11.3 Å². The summed E-state index contributed by atoms with van der Waals surface area (Å²) in [5.41, 5.74) is 2.13. The number of hydrogen-bond donors (Lipinski definition) is 1. The Morgan fingerprint density at radius 1 is 1.38 bits per heavy atom. The Bertz CT molecular complexity index is 464. The molecule has 0 fully saturated rings. The molecule has 0 aliphatic heterocycles. The molecule has 2 aromatic heterocycles. The van der Waals surface area contributed by atoms with Crippen LogP contribution in [0, 0.1) is 0 Å². The van der Waals surface area contributed by atoms with Gasteiger partial charge in [-0.05, 0) is 26.0 Å². The zero-order valence-corrected chi connectivity index (χ0v) is 9.33. The molecule has 0 aromatic carbocycles. The van der Waals surface area contributed by atoms with Crippen LogP contribution in [0.4, 0.5) is 0 Å². The molecule has 1 N–H and O–H groups in total. The van der Waals surface area contributed by atoms with Crippen molar-refractivity contribution in [3.63, 3.8) is 0 Å². The van der Waals surface area contributed by atoms with Gasteiger partial charge in [-0.2, -0.15) is 0 Å². The van der Waals surface area contributed by atoms with Gasteiger partial charge in [-0.3, -0.25) is 4.98 Å². The van der Waals surface area contributed by atoms with Gasteiger partial charge in [0.15, 0.2) is 0 Å². The van der Waals surface area contributed by atoms with Crippen molar-refractivity contribution in [3.8, 4) is 11.4 Å². The minimum atomic E-state index is -0.126. The smallest absolute Gasteiger partial charge is 0.118 e. The van der Waals surface area contributed by atoms with Crippen molar-refractivity contribution in [1.29, 1.82) is 0 Å². The van der Waals surface area contributed by atoms with Gasteiger partial charge in [-0.15, -0.1) is 5.10 Å². The molecular weight excluding hydrogens is 204 g/mol. The Hall–Kier alpha value is -1.75. The summed E-state index contributed by atoms with van der Waals surface area (Å²) in [4.78, 5) is 4.26. The number of aliphatic hydroxyl groups excluding tert-OH is 1. The molecule has 2 rings (SSSR count). The lowest BCUT2D eigenvalue weighted by atomic mass is 10.2. The van der Waals surface area contributed by atoms with E-state index in [-0.39, 0.29) is 12.6 Å². The normalized spacial score (nSPS) is 11.0. The van der Waals surface area contributed by atoms with E-state index in [4.69, 9.17) is 0 Å². The predicted octanol–water partition coefficient (Wildman–Crippen LogP) is 1.41. The van der Waals surface area contributed by atoms with E-state index < -0.39 is 0 Å². The summed E-state index contributed by atoms with van der Waals surface area (Å²) in [7, 11) is 0. The van der Waals surface area contributed by atoms with E-state index >= 15 is 0 Å². The molecule has 0 radical (unpaired) electrons. The number of pyridine rings is 1. The van der Waals surface area contributed by atoms with E-state index in [1.807, 2.05) is 32.0 Å². The highest BCUT2D eigenvalue weighted by atomic mass is 16.3. The first-order valence-electron chi connectivity index (χ1n) is 5.20. The third-order valence-electron chi connectivity index (χ3n) is 2.31. The molecule has 5 heteroatoms. The van der Waals surface area contributed by atoms with Gasteiger partial charge in [-0.25, -0.2) is 4.68 Å². The summed E-state index contributed by atoms with van der Waals surface area (Å²) in [6, 6.07) is 5.83. The van der Waals surface area contributed by atoms with Crippen molar-refractivity contribution in [1.82, 2.24) is 20.0 Å². The fourth-order valence-electron chi connectivity index (χ4n) is 1.56. The van der Waals surface area contributed by atoms with Crippen LogP contribution in [0.5, 0.6) is 0 Å². The Labute approximate surface area is 93.8 Å². The molecule has 0 aliphatic carbocycles. The second-order valence-electron chi connectivity index (χ2n) is 3.80. The fourth-order valence-corrected chi connectivity index (χ4v) is 1.56. The maximum absolute atomic E-state index is 9.23. The van der Waals surface area contributed by atoms with Gasteiger partial charge in [0.1, 0.15) is 11.4 Å². The van der Waals surface area contributed by atoms with Crippen LogP contribution in [0.3, 0.4) is 0 Å². The summed E-state index contributed by atoms with van der Waals surface area (Å²) in [5, 5.41) is 17.2. The van der Waals surface area contributed by atoms with Gasteiger partial charge in [0.05, 0.1) is 12.3 Å². The SMILES string of the molecule is CC(C)n1nnc(CO)c1-c1ccccn1. The summed E-state index contributed by atoms with van der Waals surface area (Å²) in [6.45, 7) is 3.91. The summed E-state index contributed by atoms with van der Waals surface area (Å²) in [5.74, 6) is 0.